The summed E-state index contributed by atoms with van der Waals surface area (Å²) in [4.78, 5) is 0. The summed E-state index contributed by atoms with van der Waals surface area (Å²) in [5.41, 5.74) is 0.280. The zero-order chi connectivity index (χ0) is 12.3. The predicted octanol–water partition coefficient (Wildman–Crippen LogP) is 3.04. The van der Waals surface area contributed by atoms with Gasteiger partial charge in [-0.25, -0.2) is 13.2 Å². The molecular formula is C13H16F3N. The van der Waals surface area contributed by atoms with Gasteiger partial charge in [-0.3, -0.25) is 0 Å². The lowest BCUT2D eigenvalue weighted by atomic mass is 9.91. The van der Waals surface area contributed by atoms with Crippen LogP contribution >= 0.6 is 0 Å². The van der Waals surface area contributed by atoms with Gasteiger partial charge in [-0.1, -0.05) is 6.07 Å². The molecule has 17 heavy (non-hydrogen) atoms. The van der Waals surface area contributed by atoms with Crippen LogP contribution < -0.4 is 5.32 Å². The van der Waals surface area contributed by atoms with Crippen LogP contribution in [0.4, 0.5) is 13.2 Å². The molecule has 1 aliphatic rings. The van der Waals surface area contributed by atoms with Crippen molar-refractivity contribution in [1.82, 2.24) is 5.32 Å². The summed E-state index contributed by atoms with van der Waals surface area (Å²) in [6.45, 7) is 1.98. The first-order chi connectivity index (χ1) is 8.18. The second-order valence-electron chi connectivity index (χ2n) is 4.57. The molecule has 0 unspecified atom stereocenters. The molecule has 0 bridgehead atoms. The molecule has 1 aliphatic heterocycles. The largest absolute Gasteiger partial charge is 0.317 e. The van der Waals surface area contributed by atoms with Crippen LogP contribution in [-0.2, 0) is 6.42 Å². The number of hydrogen-bond donors (Lipinski definition) is 1. The second-order valence-corrected chi connectivity index (χ2v) is 4.57. The van der Waals surface area contributed by atoms with Gasteiger partial charge in [0.15, 0.2) is 17.5 Å². The van der Waals surface area contributed by atoms with E-state index in [9.17, 15) is 13.2 Å². The Bertz CT molecular complexity index is 386. The van der Waals surface area contributed by atoms with Gasteiger partial charge in [-0.05, 0) is 56.3 Å². The minimum Gasteiger partial charge on any atom is -0.317 e. The Balaban J connectivity index is 1.96. The van der Waals surface area contributed by atoms with Crippen LogP contribution in [0.15, 0.2) is 12.1 Å². The average molecular weight is 243 g/mol. The van der Waals surface area contributed by atoms with Crippen LogP contribution in [0, 0.1) is 23.4 Å². The third kappa shape index (κ3) is 3.00. The molecule has 1 heterocycles. The van der Waals surface area contributed by atoms with E-state index in [4.69, 9.17) is 0 Å². The van der Waals surface area contributed by atoms with E-state index in [0.29, 0.717) is 12.3 Å². The first-order valence-corrected chi connectivity index (χ1v) is 6.01. The fourth-order valence-corrected chi connectivity index (χ4v) is 2.29. The first kappa shape index (κ1) is 12.4. The van der Waals surface area contributed by atoms with E-state index in [0.717, 1.165) is 38.4 Å². The maximum absolute atomic E-state index is 13.4. The van der Waals surface area contributed by atoms with Gasteiger partial charge in [-0.15, -0.1) is 0 Å². The average Bonchev–Trinajstić information content (AvgIpc) is 2.36. The van der Waals surface area contributed by atoms with E-state index in [2.05, 4.69) is 5.32 Å². The third-order valence-corrected chi connectivity index (χ3v) is 3.40. The van der Waals surface area contributed by atoms with Gasteiger partial charge >= 0.3 is 0 Å². The lowest BCUT2D eigenvalue weighted by molar-refractivity contribution is 0.351. The Morgan fingerprint density at radius 2 is 1.76 bits per heavy atom. The van der Waals surface area contributed by atoms with Gasteiger partial charge < -0.3 is 5.32 Å². The maximum Gasteiger partial charge on any atom is 0.194 e. The van der Waals surface area contributed by atoms with Crippen LogP contribution in [0.5, 0.6) is 0 Å². The molecule has 0 spiro atoms. The highest BCUT2D eigenvalue weighted by Gasteiger charge is 2.16. The van der Waals surface area contributed by atoms with E-state index >= 15 is 0 Å². The van der Waals surface area contributed by atoms with E-state index in [1.165, 1.54) is 6.07 Å². The van der Waals surface area contributed by atoms with Crippen molar-refractivity contribution in [2.45, 2.75) is 25.7 Å². The predicted molar refractivity (Wildman–Crippen MR) is 60.2 cm³/mol. The lowest BCUT2D eigenvalue weighted by Gasteiger charge is -2.22. The molecule has 1 nitrogen and oxygen atoms in total. The summed E-state index contributed by atoms with van der Waals surface area (Å²) < 4.78 is 39.1. The van der Waals surface area contributed by atoms with Gasteiger partial charge in [0, 0.05) is 0 Å². The minimum atomic E-state index is -1.35. The van der Waals surface area contributed by atoms with Crippen LogP contribution in [0.1, 0.15) is 24.8 Å². The van der Waals surface area contributed by atoms with Gasteiger partial charge in [0.25, 0.3) is 0 Å². The zero-order valence-electron chi connectivity index (χ0n) is 9.61. The van der Waals surface area contributed by atoms with E-state index < -0.39 is 17.5 Å². The van der Waals surface area contributed by atoms with Gasteiger partial charge in [-0.2, -0.15) is 0 Å². The Morgan fingerprint density at radius 1 is 1.06 bits per heavy atom. The number of piperidine rings is 1. The van der Waals surface area contributed by atoms with Crippen LogP contribution in [-0.4, -0.2) is 13.1 Å². The number of rotatable bonds is 3. The van der Waals surface area contributed by atoms with Crippen molar-refractivity contribution in [3.8, 4) is 0 Å². The molecule has 0 saturated carbocycles. The van der Waals surface area contributed by atoms with Crippen molar-refractivity contribution in [3.63, 3.8) is 0 Å². The van der Waals surface area contributed by atoms with Crippen molar-refractivity contribution < 1.29 is 13.2 Å². The standard InChI is InChI=1S/C13H16F3N/c14-11-4-3-10(12(15)13(11)16)2-1-9-5-7-17-8-6-9/h3-4,9,17H,1-2,5-8H2. The Hall–Kier alpha value is -1.03. The molecule has 1 aromatic carbocycles. The van der Waals surface area contributed by atoms with Crippen LogP contribution in [0.25, 0.3) is 0 Å². The molecule has 0 amide bonds. The third-order valence-electron chi connectivity index (χ3n) is 3.40. The van der Waals surface area contributed by atoms with Gasteiger partial charge in [0.1, 0.15) is 0 Å². The number of halogens is 3. The molecule has 1 aromatic rings. The van der Waals surface area contributed by atoms with Crippen LogP contribution in [0.3, 0.4) is 0 Å². The normalized spacial score (nSPS) is 17.4. The highest BCUT2D eigenvalue weighted by atomic mass is 19.2. The van der Waals surface area contributed by atoms with Crippen molar-refractivity contribution in [2.24, 2.45) is 5.92 Å². The Kier molecular flexibility index (Phi) is 4.05. The molecule has 94 valence electrons. The van der Waals surface area contributed by atoms with Crippen molar-refractivity contribution in [1.29, 1.82) is 0 Å². The minimum absolute atomic E-state index is 0.280. The number of benzene rings is 1. The lowest BCUT2D eigenvalue weighted by Crippen LogP contribution is -2.27. The number of hydrogen-bond acceptors (Lipinski definition) is 1. The van der Waals surface area contributed by atoms with Gasteiger partial charge in [0.2, 0.25) is 0 Å². The monoisotopic (exact) mass is 243 g/mol. The summed E-state index contributed by atoms with van der Waals surface area (Å²) >= 11 is 0. The molecule has 2 rings (SSSR count). The summed E-state index contributed by atoms with van der Waals surface area (Å²) in [6.07, 6.45) is 3.47. The summed E-state index contributed by atoms with van der Waals surface area (Å²) in [7, 11) is 0. The molecule has 0 radical (unpaired) electrons. The van der Waals surface area contributed by atoms with Gasteiger partial charge in [0.05, 0.1) is 0 Å². The molecule has 4 heteroatoms. The van der Waals surface area contributed by atoms with Crippen molar-refractivity contribution in [2.75, 3.05) is 13.1 Å². The first-order valence-electron chi connectivity index (χ1n) is 6.01. The summed E-state index contributed by atoms with van der Waals surface area (Å²) in [5, 5.41) is 3.26. The molecule has 1 fully saturated rings. The summed E-state index contributed by atoms with van der Waals surface area (Å²) in [6, 6.07) is 2.34. The fraction of sp³-hybridized carbons (Fsp3) is 0.538. The quantitative estimate of drug-likeness (QED) is 0.805. The molecule has 0 aromatic heterocycles. The smallest absolute Gasteiger partial charge is 0.194 e. The molecule has 0 atom stereocenters. The fourth-order valence-electron chi connectivity index (χ4n) is 2.29. The zero-order valence-corrected chi connectivity index (χ0v) is 9.61. The molecule has 1 N–H and O–H groups in total. The van der Waals surface area contributed by atoms with Crippen molar-refractivity contribution in [3.05, 3.63) is 35.1 Å². The Morgan fingerprint density at radius 3 is 2.47 bits per heavy atom. The number of nitrogens with one attached hydrogen (secondary N) is 1. The number of aryl methyl sites for hydroxylation is 1. The van der Waals surface area contributed by atoms with Crippen LogP contribution in [0.2, 0.25) is 0 Å². The van der Waals surface area contributed by atoms with Crippen molar-refractivity contribution >= 4 is 0 Å². The Labute approximate surface area is 99.0 Å². The summed E-state index contributed by atoms with van der Waals surface area (Å²) in [5.74, 6) is -2.94. The van der Waals surface area contributed by atoms with E-state index in [1.54, 1.807) is 0 Å². The molecule has 1 saturated heterocycles. The molecule has 0 aliphatic carbocycles. The SMILES string of the molecule is Fc1ccc(CCC2CCNCC2)c(F)c1F. The topological polar surface area (TPSA) is 12.0 Å². The maximum atomic E-state index is 13.4. The second kappa shape index (κ2) is 5.54. The highest BCUT2D eigenvalue weighted by Crippen LogP contribution is 2.22. The van der Waals surface area contributed by atoms with E-state index in [1.807, 2.05) is 0 Å². The van der Waals surface area contributed by atoms with E-state index in [-0.39, 0.29) is 5.56 Å². The highest BCUT2D eigenvalue weighted by molar-refractivity contribution is 5.20. The molecular weight excluding hydrogens is 227 g/mol.